The summed E-state index contributed by atoms with van der Waals surface area (Å²) >= 11 is 0. The molecule has 0 saturated heterocycles. The van der Waals surface area contributed by atoms with E-state index in [0.717, 1.165) is 0 Å². The van der Waals surface area contributed by atoms with Crippen LogP contribution in [0.3, 0.4) is 0 Å². The fourth-order valence-corrected chi connectivity index (χ4v) is 0.810. The predicted molar refractivity (Wildman–Crippen MR) is 40.6 cm³/mol. The monoisotopic (exact) mass is 189 g/mol. The highest BCUT2D eigenvalue weighted by Gasteiger charge is 2.02. The molecule has 0 aliphatic carbocycles. The van der Waals surface area contributed by atoms with Gasteiger partial charge in [0.2, 0.25) is 16.0 Å². The quantitative estimate of drug-likeness (QED) is 0.664. The Balaban J connectivity index is 2.56. The van der Waals surface area contributed by atoms with Crippen LogP contribution in [0.4, 0.5) is 0 Å². The maximum Gasteiger partial charge on any atom is 0.244 e. The molecule has 0 aromatic carbocycles. The van der Waals surface area contributed by atoms with Gasteiger partial charge in [-0.25, -0.2) is 23.5 Å². The molecule has 1 heterocycles. The summed E-state index contributed by atoms with van der Waals surface area (Å²) in [4.78, 5) is 7.23. The van der Waals surface area contributed by atoms with Gasteiger partial charge in [-0.3, -0.25) is 0 Å². The second-order valence-electron chi connectivity index (χ2n) is 2.00. The van der Waals surface area contributed by atoms with E-state index in [2.05, 4.69) is 15.1 Å². The molecule has 2 N–H and O–H groups in total. The topological polar surface area (TPSA) is 95.2 Å². The van der Waals surface area contributed by atoms with Crippen LogP contribution in [0.2, 0.25) is 0 Å². The highest BCUT2D eigenvalue weighted by molar-refractivity contribution is 7.88. The summed E-state index contributed by atoms with van der Waals surface area (Å²) in [7, 11) is -3.60. The molecule has 1 aromatic rings. The van der Waals surface area contributed by atoms with Gasteiger partial charge in [-0.15, -0.1) is 0 Å². The number of aromatic nitrogens is 2. The lowest BCUT2D eigenvalue weighted by molar-refractivity contribution is 0.373. The lowest BCUT2D eigenvalue weighted by Crippen LogP contribution is -2.20. The van der Waals surface area contributed by atoms with Gasteiger partial charge in [0.25, 0.3) is 0 Å². The number of ether oxygens (including phenoxy) is 1. The van der Waals surface area contributed by atoms with Gasteiger partial charge in [0, 0.05) is 0 Å². The van der Waals surface area contributed by atoms with Crippen molar-refractivity contribution >= 4 is 10.0 Å². The predicted octanol–water partition coefficient (Wildman–Crippen LogP) is -0.899. The van der Waals surface area contributed by atoms with E-state index in [1.165, 1.54) is 18.7 Å². The number of hydrogen-bond donors (Lipinski definition) is 1. The van der Waals surface area contributed by atoms with Gasteiger partial charge >= 0.3 is 0 Å². The summed E-state index contributed by atoms with van der Waals surface area (Å²) in [6, 6.07) is 0. The van der Waals surface area contributed by atoms with Crippen LogP contribution in [-0.4, -0.2) is 24.3 Å². The summed E-state index contributed by atoms with van der Waals surface area (Å²) in [5.41, 5.74) is 0. The molecule has 0 fully saturated rings. The summed E-state index contributed by atoms with van der Waals surface area (Å²) in [5.74, 6) is -0.299. The molecule has 0 bridgehead atoms. The molecular weight excluding hydrogens is 182 g/mol. The average molecular weight is 189 g/mol. The van der Waals surface area contributed by atoms with Crippen LogP contribution in [-0.2, 0) is 10.0 Å². The van der Waals surface area contributed by atoms with Gasteiger partial charge in [-0.1, -0.05) is 0 Å². The van der Waals surface area contributed by atoms with Crippen LogP contribution >= 0.6 is 0 Å². The Morgan fingerprint density at radius 2 is 2.00 bits per heavy atom. The molecule has 0 unspecified atom stereocenters. The van der Waals surface area contributed by atoms with E-state index >= 15 is 0 Å². The van der Waals surface area contributed by atoms with E-state index in [1.54, 1.807) is 0 Å². The van der Waals surface area contributed by atoms with Crippen LogP contribution < -0.4 is 9.88 Å². The maximum absolute atomic E-state index is 10.4. The third-order valence-corrected chi connectivity index (χ3v) is 1.37. The number of sulfonamides is 1. The second-order valence-corrected chi connectivity index (χ2v) is 3.56. The van der Waals surface area contributed by atoms with E-state index < -0.39 is 16.0 Å². The molecule has 0 spiro atoms. The minimum absolute atomic E-state index is 0.270. The van der Waals surface area contributed by atoms with Gasteiger partial charge in [0.15, 0.2) is 5.75 Å². The zero-order valence-electron chi connectivity index (χ0n) is 6.04. The summed E-state index contributed by atoms with van der Waals surface area (Å²) < 4.78 is 25.6. The smallest absolute Gasteiger partial charge is 0.244 e. The van der Waals surface area contributed by atoms with Crippen LogP contribution in [0.1, 0.15) is 0 Å². The van der Waals surface area contributed by atoms with Crippen molar-refractivity contribution in [2.45, 2.75) is 0 Å². The zero-order chi connectivity index (χ0) is 9.03. The van der Waals surface area contributed by atoms with Gasteiger partial charge in [0.05, 0.1) is 12.4 Å². The molecule has 0 amide bonds. The van der Waals surface area contributed by atoms with Crippen molar-refractivity contribution in [1.82, 2.24) is 9.97 Å². The van der Waals surface area contributed by atoms with E-state index in [9.17, 15) is 8.42 Å². The van der Waals surface area contributed by atoms with Crippen molar-refractivity contribution in [3.63, 3.8) is 0 Å². The van der Waals surface area contributed by atoms with Crippen molar-refractivity contribution in [2.75, 3.05) is 5.94 Å². The number of hydrogen-bond acceptors (Lipinski definition) is 5. The first-order valence-corrected chi connectivity index (χ1v) is 4.68. The van der Waals surface area contributed by atoms with Crippen molar-refractivity contribution in [3.05, 3.63) is 18.7 Å². The Morgan fingerprint density at radius 3 is 2.50 bits per heavy atom. The SMILES string of the molecule is NS(=O)(=O)COc1cncnc1. The Hall–Kier alpha value is -1.21. The number of rotatable bonds is 3. The Bertz CT molecular complexity index is 336. The molecule has 6 nitrogen and oxygen atoms in total. The molecule has 1 aromatic heterocycles. The van der Waals surface area contributed by atoms with Crippen molar-refractivity contribution in [2.24, 2.45) is 5.14 Å². The first kappa shape index (κ1) is 8.88. The third-order valence-electron chi connectivity index (χ3n) is 0.927. The Labute approximate surface area is 69.4 Å². The highest BCUT2D eigenvalue weighted by Crippen LogP contribution is 2.03. The molecule has 0 radical (unpaired) electrons. The van der Waals surface area contributed by atoms with Crippen molar-refractivity contribution in [3.8, 4) is 5.75 Å². The molecule has 1 rings (SSSR count). The summed E-state index contributed by atoms with van der Waals surface area (Å²) in [5, 5.41) is 4.69. The second kappa shape index (κ2) is 3.46. The molecule has 0 aliphatic rings. The average Bonchev–Trinajstić information content (AvgIpc) is 2.02. The number of primary sulfonamides is 1. The number of nitrogens with two attached hydrogens (primary N) is 1. The zero-order valence-corrected chi connectivity index (χ0v) is 6.86. The van der Waals surface area contributed by atoms with Gasteiger partial charge in [-0.05, 0) is 0 Å². The normalized spacial score (nSPS) is 11.1. The van der Waals surface area contributed by atoms with E-state index in [0.29, 0.717) is 0 Å². The molecule has 0 saturated carbocycles. The lowest BCUT2D eigenvalue weighted by atomic mass is 10.6. The Kier molecular flexibility index (Phi) is 2.56. The molecule has 0 aliphatic heterocycles. The van der Waals surface area contributed by atoms with Gasteiger partial charge in [-0.2, -0.15) is 0 Å². The van der Waals surface area contributed by atoms with Crippen molar-refractivity contribution < 1.29 is 13.2 Å². The lowest BCUT2D eigenvalue weighted by Gasteiger charge is -2.01. The summed E-state index contributed by atoms with van der Waals surface area (Å²) in [6.45, 7) is 0. The first-order chi connectivity index (χ1) is 5.58. The minimum atomic E-state index is -3.60. The largest absolute Gasteiger partial charge is 0.473 e. The standard InChI is InChI=1S/C5H7N3O3S/c6-12(9,10)4-11-5-1-7-3-8-2-5/h1-3H,4H2,(H2,6,9,10). The molecule has 0 atom stereocenters. The maximum atomic E-state index is 10.4. The minimum Gasteiger partial charge on any atom is -0.473 e. The molecular formula is C5H7N3O3S. The highest BCUT2D eigenvalue weighted by atomic mass is 32.2. The molecule has 66 valence electrons. The van der Waals surface area contributed by atoms with Crippen LogP contribution in [0.15, 0.2) is 18.7 Å². The van der Waals surface area contributed by atoms with E-state index in [1.807, 2.05) is 0 Å². The van der Waals surface area contributed by atoms with Crippen LogP contribution in [0.25, 0.3) is 0 Å². The third kappa shape index (κ3) is 3.26. The van der Waals surface area contributed by atoms with Crippen LogP contribution in [0, 0.1) is 0 Å². The summed E-state index contributed by atoms with van der Waals surface area (Å²) in [6.07, 6.45) is 4.00. The fourth-order valence-electron chi connectivity index (χ4n) is 0.510. The molecule has 12 heavy (non-hydrogen) atoms. The van der Waals surface area contributed by atoms with E-state index in [-0.39, 0.29) is 5.75 Å². The molecule has 7 heteroatoms. The van der Waals surface area contributed by atoms with Gasteiger partial charge < -0.3 is 4.74 Å². The number of nitrogens with zero attached hydrogens (tertiary/aromatic N) is 2. The Morgan fingerprint density at radius 1 is 1.42 bits per heavy atom. The first-order valence-electron chi connectivity index (χ1n) is 2.96. The fraction of sp³-hybridized carbons (Fsp3) is 0.200. The van der Waals surface area contributed by atoms with Crippen LogP contribution in [0.5, 0.6) is 5.75 Å². The van der Waals surface area contributed by atoms with E-state index in [4.69, 9.17) is 4.74 Å². The van der Waals surface area contributed by atoms with Gasteiger partial charge in [0.1, 0.15) is 6.33 Å². The van der Waals surface area contributed by atoms with Crippen molar-refractivity contribution in [1.29, 1.82) is 0 Å².